The van der Waals surface area contributed by atoms with Gasteiger partial charge in [-0.15, -0.1) is 0 Å². The van der Waals surface area contributed by atoms with Crippen LogP contribution in [0.5, 0.6) is 5.75 Å². The van der Waals surface area contributed by atoms with Gasteiger partial charge < -0.3 is 9.47 Å². The molecule has 3 rings (SSSR count). The van der Waals surface area contributed by atoms with Crippen LogP contribution in [0.1, 0.15) is 30.4 Å². The van der Waals surface area contributed by atoms with Crippen LogP contribution in [-0.4, -0.2) is 19.2 Å². The van der Waals surface area contributed by atoms with E-state index in [-0.39, 0.29) is 5.97 Å². The highest BCUT2D eigenvalue weighted by atomic mass is 16.5. The van der Waals surface area contributed by atoms with Gasteiger partial charge >= 0.3 is 5.97 Å². The maximum atomic E-state index is 11.3. The Kier molecular flexibility index (Phi) is 3.28. The average Bonchev–Trinajstić information content (AvgIpc) is 3.02. The summed E-state index contributed by atoms with van der Waals surface area (Å²) in [6, 6.07) is 6.29. The smallest absolute Gasteiger partial charge is 0.330 e. The molecule has 100 valence electrons. The quantitative estimate of drug-likeness (QED) is 0.615. The third kappa shape index (κ3) is 2.50. The number of ether oxygens (including phenoxy) is 2. The molecule has 2 unspecified atom stereocenters. The Hall–Kier alpha value is -1.77. The van der Waals surface area contributed by atoms with Gasteiger partial charge in [0.1, 0.15) is 5.75 Å². The first-order valence-corrected chi connectivity index (χ1v) is 6.89. The second-order valence-corrected chi connectivity index (χ2v) is 5.04. The lowest BCUT2D eigenvalue weighted by molar-refractivity contribution is -0.137. The number of benzene rings is 1. The second kappa shape index (κ2) is 5.08. The van der Waals surface area contributed by atoms with Crippen LogP contribution >= 0.6 is 0 Å². The molecular formula is C16H18O3. The van der Waals surface area contributed by atoms with Crippen LogP contribution in [0.2, 0.25) is 0 Å². The lowest BCUT2D eigenvalue weighted by Gasteiger charge is -2.05. The van der Waals surface area contributed by atoms with Crippen molar-refractivity contribution in [2.45, 2.75) is 25.7 Å². The van der Waals surface area contributed by atoms with E-state index in [9.17, 15) is 4.79 Å². The lowest BCUT2D eigenvalue weighted by atomic mass is 10.00. The minimum Gasteiger partial charge on any atom is -0.493 e. The number of allylic oxidation sites excluding steroid dienone is 1. The Labute approximate surface area is 113 Å². The zero-order chi connectivity index (χ0) is 13.2. The summed E-state index contributed by atoms with van der Waals surface area (Å²) in [5.74, 6) is 1.81. The number of fused-ring (bicyclic) bond motifs is 1. The van der Waals surface area contributed by atoms with Crippen molar-refractivity contribution in [1.82, 2.24) is 0 Å². The molecule has 0 amide bonds. The summed E-state index contributed by atoms with van der Waals surface area (Å²) in [5, 5.41) is 0. The molecule has 0 bridgehead atoms. The van der Waals surface area contributed by atoms with Gasteiger partial charge in [-0.1, -0.05) is 18.2 Å². The molecule has 19 heavy (non-hydrogen) atoms. The number of hydrogen-bond acceptors (Lipinski definition) is 3. The van der Waals surface area contributed by atoms with Crippen molar-refractivity contribution in [2.75, 3.05) is 13.2 Å². The topological polar surface area (TPSA) is 35.5 Å². The van der Waals surface area contributed by atoms with Crippen LogP contribution in [0, 0.1) is 5.92 Å². The van der Waals surface area contributed by atoms with E-state index in [4.69, 9.17) is 9.47 Å². The van der Waals surface area contributed by atoms with Gasteiger partial charge in [-0.25, -0.2) is 4.79 Å². The molecule has 3 nitrogen and oxygen atoms in total. The summed E-state index contributed by atoms with van der Waals surface area (Å²) < 4.78 is 10.5. The van der Waals surface area contributed by atoms with Gasteiger partial charge in [0, 0.05) is 18.1 Å². The Morgan fingerprint density at radius 1 is 1.53 bits per heavy atom. The van der Waals surface area contributed by atoms with Crippen molar-refractivity contribution in [3.8, 4) is 5.75 Å². The van der Waals surface area contributed by atoms with Gasteiger partial charge in [-0.2, -0.15) is 0 Å². The maximum Gasteiger partial charge on any atom is 0.330 e. The second-order valence-electron chi connectivity index (χ2n) is 5.04. The number of carbonyl (C=O) groups excluding carboxylic acids is 1. The van der Waals surface area contributed by atoms with Gasteiger partial charge in [0.25, 0.3) is 0 Å². The Bertz CT molecular complexity index is 519. The van der Waals surface area contributed by atoms with Gasteiger partial charge in [-0.05, 0) is 36.8 Å². The van der Waals surface area contributed by atoms with Crippen LogP contribution in [0.4, 0.5) is 0 Å². The first kappa shape index (κ1) is 12.3. The van der Waals surface area contributed by atoms with Crippen molar-refractivity contribution in [3.05, 3.63) is 41.5 Å². The van der Waals surface area contributed by atoms with Crippen molar-refractivity contribution in [1.29, 1.82) is 0 Å². The molecule has 2 aliphatic rings. The minimum atomic E-state index is -0.241. The first-order valence-electron chi connectivity index (χ1n) is 6.89. The van der Waals surface area contributed by atoms with Gasteiger partial charge in [0.2, 0.25) is 0 Å². The van der Waals surface area contributed by atoms with E-state index in [0.717, 1.165) is 25.2 Å². The van der Waals surface area contributed by atoms with E-state index in [1.54, 1.807) is 6.08 Å². The molecule has 0 N–H and O–H groups in total. The molecule has 1 aromatic carbocycles. The highest BCUT2D eigenvalue weighted by Gasteiger charge is 2.38. The average molecular weight is 258 g/mol. The van der Waals surface area contributed by atoms with Crippen LogP contribution in [0.3, 0.4) is 0 Å². The number of carbonyl (C=O) groups is 1. The van der Waals surface area contributed by atoms with Crippen LogP contribution in [0.25, 0.3) is 0 Å². The first-order chi connectivity index (χ1) is 9.29. The monoisotopic (exact) mass is 258 g/mol. The van der Waals surface area contributed by atoms with Crippen LogP contribution in [-0.2, 0) is 16.0 Å². The molecule has 1 saturated carbocycles. The van der Waals surface area contributed by atoms with E-state index < -0.39 is 0 Å². The molecule has 2 atom stereocenters. The largest absolute Gasteiger partial charge is 0.493 e. The summed E-state index contributed by atoms with van der Waals surface area (Å²) in [4.78, 5) is 11.3. The molecule has 3 heteroatoms. The van der Waals surface area contributed by atoms with Crippen molar-refractivity contribution >= 4 is 5.97 Å². The zero-order valence-corrected chi connectivity index (χ0v) is 11.1. The fraction of sp³-hybridized carbons (Fsp3) is 0.438. The molecule has 1 aliphatic carbocycles. The molecule has 1 aliphatic heterocycles. The van der Waals surface area contributed by atoms with E-state index in [1.807, 2.05) is 19.1 Å². The normalized spacial score (nSPS) is 24.1. The summed E-state index contributed by atoms with van der Waals surface area (Å²) in [7, 11) is 0. The molecule has 1 heterocycles. The Morgan fingerprint density at radius 2 is 2.42 bits per heavy atom. The molecule has 1 fully saturated rings. The van der Waals surface area contributed by atoms with Gasteiger partial charge in [-0.3, -0.25) is 0 Å². The Balaban J connectivity index is 1.67. The predicted octanol–water partition coefficient (Wildman–Crippen LogP) is 2.84. The Morgan fingerprint density at radius 3 is 3.26 bits per heavy atom. The SMILES string of the molecule is CCOC(=O)/C=C/C1CC1c1cccc2c1CCO2. The van der Waals surface area contributed by atoms with Crippen LogP contribution in [0.15, 0.2) is 30.4 Å². The standard InChI is InChI=1S/C16H18O3/c1-2-18-16(17)7-6-11-10-14(11)12-4-3-5-15-13(12)8-9-19-15/h3-7,11,14H,2,8-10H2,1H3/b7-6+. The highest BCUT2D eigenvalue weighted by molar-refractivity contribution is 5.82. The number of hydrogen-bond donors (Lipinski definition) is 0. The van der Waals surface area contributed by atoms with Gasteiger partial charge in [0.05, 0.1) is 13.2 Å². The predicted molar refractivity (Wildman–Crippen MR) is 72.3 cm³/mol. The maximum absolute atomic E-state index is 11.3. The molecule has 0 radical (unpaired) electrons. The molecule has 0 aromatic heterocycles. The number of rotatable bonds is 4. The van der Waals surface area contributed by atoms with Crippen LogP contribution < -0.4 is 4.74 Å². The summed E-state index contributed by atoms with van der Waals surface area (Å²) in [6.07, 6.45) is 5.67. The van der Waals surface area contributed by atoms with E-state index in [1.165, 1.54) is 11.1 Å². The zero-order valence-electron chi connectivity index (χ0n) is 11.1. The van der Waals surface area contributed by atoms with Crippen molar-refractivity contribution < 1.29 is 14.3 Å². The van der Waals surface area contributed by atoms with E-state index >= 15 is 0 Å². The fourth-order valence-corrected chi connectivity index (χ4v) is 2.77. The van der Waals surface area contributed by atoms with E-state index in [0.29, 0.717) is 18.4 Å². The van der Waals surface area contributed by atoms with Crippen molar-refractivity contribution in [3.63, 3.8) is 0 Å². The summed E-state index contributed by atoms with van der Waals surface area (Å²) in [5.41, 5.74) is 2.76. The third-order valence-corrected chi connectivity index (χ3v) is 3.78. The highest BCUT2D eigenvalue weighted by Crippen LogP contribution is 2.51. The third-order valence-electron chi connectivity index (χ3n) is 3.78. The lowest BCUT2D eigenvalue weighted by Crippen LogP contribution is -1.99. The molecule has 1 aromatic rings. The van der Waals surface area contributed by atoms with Crippen molar-refractivity contribution in [2.24, 2.45) is 5.92 Å². The number of esters is 1. The van der Waals surface area contributed by atoms with Gasteiger partial charge in [0.15, 0.2) is 0 Å². The molecule has 0 saturated heterocycles. The molecule has 0 spiro atoms. The summed E-state index contributed by atoms with van der Waals surface area (Å²) in [6.45, 7) is 3.04. The summed E-state index contributed by atoms with van der Waals surface area (Å²) >= 11 is 0. The molecular weight excluding hydrogens is 240 g/mol. The van der Waals surface area contributed by atoms with E-state index in [2.05, 4.69) is 12.1 Å². The minimum absolute atomic E-state index is 0.241. The fourth-order valence-electron chi connectivity index (χ4n) is 2.77.